The summed E-state index contributed by atoms with van der Waals surface area (Å²) in [4.78, 5) is 0. The van der Waals surface area contributed by atoms with Crippen molar-refractivity contribution in [2.24, 2.45) is 0 Å². The number of ether oxygens (including phenoxy) is 1. The van der Waals surface area contributed by atoms with E-state index in [2.05, 4.69) is 0 Å². The van der Waals surface area contributed by atoms with E-state index < -0.39 is 11.4 Å². The van der Waals surface area contributed by atoms with Crippen molar-refractivity contribution >= 4 is 0 Å². The van der Waals surface area contributed by atoms with Crippen LogP contribution >= 0.6 is 0 Å². The molecule has 148 valence electrons. The Morgan fingerprint density at radius 3 is 2.39 bits per heavy atom. The average Bonchev–Trinajstić information content (AvgIpc) is 3.14. The molecule has 1 aromatic heterocycles. The number of aryl methyl sites for hydroxylation is 1. The minimum atomic E-state index is -1.01. The standard InChI is InChI=1S/C23H27FN2O2/c1-5-13-23(27,6-2)22-15-20(17-9-7-16(3)8-10-17)26(25-22)18-11-12-21(28-4)19(24)14-18/h7-12,14-15,27H,5-6,13H2,1-4H3. The van der Waals surface area contributed by atoms with Gasteiger partial charge in [0.25, 0.3) is 0 Å². The molecule has 2 aromatic carbocycles. The Hall–Kier alpha value is -2.66. The Labute approximate surface area is 165 Å². The lowest BCUT2D eigenvalue weighted by molar-refractivity contribution is 0.0180. The number of aliphatic hydroxyl groups is 1. The van der Waals surface area contributed by atoms with E-state index in [4.69, 9.17) is 9.84 Å². The lowest BCUT2D eigenvalue weighted by Crippen LogP contribution is -2.25. The Balaban J connectivity index is 2.19. The van der Waals surface area contributed by atoms with Gasteiger partial charge in [0.15, 0.2) is 11.6 Å². The summed E-state index contributed by atoms with van der Waals surface area (Å²) in [5.74, 6) is -0.268. The maximum absolute atomic E-state index is 14.3. The third-order valence-corrected chi connectivity index (χ3v) is 5.16. The van der Waals surface area contributed by atoms with E-state index >= 15 is 0 Å². The van der Waals surface area contributed by atoms with Crippen LogP contribution in [0.3, 0.4) is 0 Å². The van der Waals surface area contributed by atoms with Crippen molar-refractivity contribution in [3.05, 3.63) is 65.6 Å². The minimum Gasteiger partial charge on any atom is -0.494 e. The molecule has 28 heavy (non-hydrogen) atoms. The van der Waals surface area contributed by atoms with Crippen molar-refractivity contribution in [2.75, 3.05) is 7.11 Å². The van der Waals surface area contributed by atoms with E-state index in [1.807, 2.05) is 51.1 Å². The Morgan fingerprint density at radius 1 is 1.11 bits per heavy atom. The number of rotatable bonds is 7. The van der Waals surface area contributed by atoms with Crippen molar-refractivity contribution < 1.29 is 14.2 Å². The molecule has 0 radical (unpaired) electrons. The molecule has 0 aliphatic heterocycles. The summed E-state index contributed by atoms with van der Waals surface area (Å²) in [5, 5.41) is 15.8. The molecule has 4 nitrogen and oxygen atoms in total. The quantitative estimate of drug-likeness (QED) is 0.596. The molecule has 0 saturated carbocycles. The molecule has 3 rings (SSSR count). The molecule has 5 heteroatoms. The van der Waals surface area contributed by atoms with E-state index in [0.29, 0.717) is 24.2 Å². The van der Waals surface area contributed by atoms with E-state index in [-0.39, 0.29) is 5.75 Å². The first-order valence-electron chi connectivity index (χ1n) is 9.65. The molecule has 0 amide bonds. The molecule has 1 unspecified atom stereocenters. The fourth-order valence-electron chi connectivity index (χ4n) is 3.42. The van der Waals surface area contributed by atoms with Gasteiger partial charge in [0.1, 0.15) is 5.60 Å². The normalized spacial score (nSPS) is 13.4. The number of nitrogens with zero attached hydrogens (tertiary/aromatic N) is 2. The third-order valence-electron chi connectivity index (χ3n) is 5.16. The molecule has 1 heterocycles. The van der Waals surface area contributed by atoms with Crippen LogP contribution in [0.15, 0.2) is 48.5 Å². The van der Waals surface area contributed by atoms with Crippen molar-refractivity contribution in [3.63, 3.8) is 0 Å². The third kappa shape index (κ3) is 3.80. The van der Waals surface area contributed by atoms with Gasteiger partial charge in [-0.15, -0.1) is 0 Å². The molecule has 0 aliphatic rings. The summed E-state index contributed by atoms with van der Waals surface area (Å²) in [6, 6.07) is 14.7. The van der Waals surface area contributed by atoms with Crippen LogP contribution in [0.4, 0.5) is 4.39 Å². The second-order valence-corrected chi connectivity index (χ2v) is 7.15. The molecule has 0 fully saturated rings. The first-order valence-corrected chi connectivity index (χ1v) is 9.65. The molecule has 1 N–H and O–H groups in total. The fraction of sp³-hybridized carbons (Fsp3) is 0.348. The molecule has 0 bridgehead atoms. The van der Waals surface area contributed by atoms with Crippen LogP contribution in [-0.4, -0.2) is 22.0 Å². The molecular weight excluding hydrogens is 355 g/mol. The molecular formula is C23H27FN2O2. The molecule has 3 aromatic rings. The van der Waals surface area contributed by atoms with Crippen LogP contribution in [-0.2, 0) is 5.60 Å². The first-order chi connectivity index (χ1) is 13.4. The molecule has 0 saturated heterocycles. The predicted octanol–water partition coefficient (Wildman–Crippen LogP) is 5.39. The summed E-state index contributed by atoms with van der Waals surface area (Å²) in [6.07, 6.45) is 2.02. The van der Waals surface area contributed by atoms with Gasteiger partial charge in [-0.2, -0.15) is 5.10 Å². The number of hydrogen-bond acceptors (Lipinski definition) is 3. The van der Waals surface area contributed by atoms with Gasteiger partial charge < -0.3 is 9.84 Å². The van der Waals surface area contributed by atoms with Crippen molar-refractivity contribution in [3.8, 4) is 22.7 Å². The maximum Gasteiger partial charge on any atom is 0.167 e. The summed E-state index contributed by atoms with van der Waals surface area (Å²) in [5.41, 5.74) is 3.09. The predicted molar refractivity (Wildman–Crippen MR) is 109 cm³/mol. The smallest absolute Gasteiger partial charge is 0.167 e. The maximum atomic E-state index is 14.3. The number of halogens is 1. The molecule has 0 spiro atoms. The first kappa shape index (κ1) is 20.1. The zero-order valence-electron chi connectivity index (χ0n) is 16.9. The SMILES string of the molecule is CCCC(O)(CC)c1cc(-c2ccc(C)cc2)n(-c2ccc(OC)c(F)c2)n1. The monoisotopic (exact) mass is 382 g/mol. The fourth-order valence-corrected chi connectivity index (χ4v) is 3.42. The van der Waals surface area contributed by atoms with E-state index in [1.165, 1.54) is 13.2 Å². The van der Waals surface area contributed by atoms with Crippen LogP contribution in [0.2, 0.25) is 0 Å². The van der Waals surface area contributed by atoms with E-state index in [0.717, 1.165) is 23.2 Å². The zero-order chi connectivity index (χ0) is 20.3. The van der Waals surface area contributed by atoms with Gasteiger partial charge in [0.2, 0.25) is 0 Å². The minimum absolute atomic E-state index is 0.184. The number of hydrogen-bond donors (Lipinski definition) is 1. The van der Waals surface area contributed by atoms with Crippen LogP contribution < -0.4 is 4.74 Å². The highest BCUT2D eigenvalue weighted by Gasteiger charge is 2.30. The van der Waals surface area contributed by atoms with Gasteiger partial charge in [-0.05, 0) is 38.0 Å². The summed E-state index contributed by atoms with van der Waals surface area (Å²) in [6.45, 7) is 6.02. The van der Waals surface area contributed by atoms with Crippen molar-refractivity contribution in [1.82, 2.24) is 9.78 Å². The van der Waals surface area contributed by atoms with Crippen molar-refractivity contribution in [2.45, 2.75) is 45.6 Å². The Bertz CT molecular complexity index is 950. The van der Waals surface area contributed by atoms with Crippen LogP contribution in [0, 0.1) is 12.7 Å². The number of methoxy groups -OCH3 is 1. The highest BCUT2D eigenvalue weighted by atomic mass is 19.1. The molecule has 1 atom stereocenters. The largest absolute Gasteiger partial charge is 0.494 e. The van der Waals surface area contributed by atoms with Gasteiger partial charge in [0.05, 0.1) is 24.2 Å². The summed E-state index contributed by atoms with van der Waals surface area (Å²) < 4.78 is 21.1. The Morgan fingerprint density at radius 2 is 1.82 bits per heavy atom. The Kier molecular flexibility index (Phi) is 5.84. The second kappa shape index (κ2) is 8.15. The van der Waals surface area contributed by atoms with Crippen LogP contribution in [0.5, 0.6) is 5.75 Å². The van der Waals surface area contributed by atoms with Gasteiger partial charge >= 0.3 is 0 Å². The van der Waals surface area contributed by atoms with Gasteiger partial charge in [-0.1, -0.05) is 50.1 Å². The highest BCUT2D eigenvalue weighted by Crippen LogP contribution is 2.34. The summed E-state index contributed by atoms with van der Waals surface area (Å²) >= 11 is 0. The van der Waals surface area contributed by atoms with E-state index in [9.17, 15) is 9.50 Å². The lowest BCUT2D eigenvalue weighted by atomic mass is 9.91. The lowest BCUT2D eigenvalue weighted by Gasteiger charge is -2.23. The number of aromatic nitrogens is 2. The zero-order valence-corrected chi connectivity index (χ0v) is 16.9. The van der Waals surface area contributed by atoms with Crippen LogP contribution in [0.1, 0.15) is 44.4 Å². The molecule has 0 aliphatic carbocycles. The topological polar surface area (TPSA) is 47.3 Å². The average molecular weight is 382 g/mol. The summed E-state index contributed by atoms with van der Waals surface area (Å²) in [7, 11) is 1.44. The van der Waals surface area contributed by atoms with Crippen molar-refractivity contribution in [1.29, 1.82) is 0 Å². The van der Waals surface area contributed by atoms with Crippen LogP contribution in [0.25, 0.3) is 16.9 Å². The number of benzene rings is 2. The van der Waals surface area contributed by atoms with Gasteiger partial charge in [-0.3, -0.25) is 0 Å². The highest BCUT2D eigenvalue weighted by molar-refractivity contribution is 5.63. The van der Waals surface area contributed by atoms with Gasteiger partial charge in [0, 0.05) is 11.6 Å². The second-order valence-electron chi connectivity index (χ2n) is 7.15. The van der Waals surface area contributed by atoms with E-state index in [1.54, 1.807) is 16.8 Å². The van der Waals surface area contributed by atoms with Gasteiger partial charge in [-0.25, -0.2) is 9.07 Å².